The highest BCUT2D eigenvalue weighted by atomic mass is 127. The second-order valence-electron chi connectivity index (χ2n) is 1.97. The van der Waals surface area contributed by atoms with Crippen LogP contribution >= 0.6 is 50.1 Å². The van der Waals surface area contributed by atoms with E-state index in [0.29, 0.717) is 13.9 Å². The molecule has 1 aromatic rings. The zero-order chi connectivity index (χ0) is 8.43. The van der Waals surface area contributed by atoms with E-state index in [4.69, 9.17) is 11.6 Å². The molecule has 0 saturated carbocycles. The fourth-order valence-corrected chi connectivity index (χ4v) is 2.36. The number of hydrogen-bond donors (Lipinski definition) is 0. The van der Waals surface area contributed by atoms with Crippen LogP contribution in [-0.2, 0) is 5.88 Å². The van der Waals surface area contributed by atoms with E-state index in [-0.39, 0.29) is 5.82 Å². The highest BCUT2D eigenvalue weighted by Gasteiger charge is 2.07. The lowest BCUT2D eigenvalue weighted by Gasteiger charge is -2.02. The first-order chi connectivity index (χ1) is 5.16. The lowest BCUT2D eigenvalue weighted by Crippen LogP contribution is -1.88. The van der Waals surface area contributed by atoms with Gasteiger partial charge in [-0.2, -0.15) is 0 Å². The van der Waals surface area contributed by atoms with E-state index >= 15 is 0 Å². The van der Waals surface area contributed by atoms with Crippen molar-refractivity contribution in [3.05, 3.63) is 31.6 Å². The third kappa shape index (κ3) is 2.06. The SMILES string of the molecule is Fc1c(I)ccc(CCl)c1Br. The molecule has 4 heteroatoms. The second kappa shape index (κ2) is 4.05. The lowest BCUT2D eigenvalue weighted by molar-refractivity contribution is 0.612. The van der Waals surface area contributed by atoms with Gasteiger partial charge < -0.3 is 0 Å². The van der Waals surface area contributed by atoms with Gasteiger partial charge in [0.15, 0.2) is 5.82 Å². The van der Waals surface area contributed by atoms with Crippen LogP contribution in [0.5, 0.6) is 0 Å². The maximum Gasteiger partial charge on any atom is 0.150 e. The summed E-state index contributed by atoms with van der Waals surface area (Å²) in [5, 5.41) is 0. The van der Waals surface area contributed by atoms with Gasteiger partial charge in [0.1, 0.15) is 0 Å². The molecule has 60 valence electrons. The molecular formula is C7H4BrClFI. The number of alkyl halides is 1. The molecule has 0 radical (unpaired) electrons. The summed E-state index contributed by atoms with van der Waals surface area (Å²) in [5.41, 5.74) is 0.782. The van der Waals surface area contributed by atoms with Gasteiger partial charge in [0.2, 0.25) is 0 Å². The Morgan fingerprint density at radius 2 is 2.18 bits per heavy atom. The van der Waals surface area contributed by atoms with Crippen LogP contribution in [0.3, 0.4) is 0 Å². The van der Waals surface area contributed by atoms with Crippen molar-refractivity contribution in [1.82, 2.24) is 0 Å². The molecule has 0 saturated heterocycles. The zero-order valence-corrected chi connectivity index (χ0v) is 9.87. The van der Waals surface area contributed by atoms with Crippen molar-refractivity contribution in [2.75, 3.05) is 0 Å². The summed E-state index contributed by atoms with van der Waals surface area (Å²) in [6, 6.07) is 3.51. The molecule has 0 aromatic heterocycles. The van der Waals surface area contributed by atoms with Crippen LogP contribution in [0.2, 0.25) is 0 Å². The summed E-state index contributed by atoms with van der Waals surface area (Å²) in [7, 11) is 0. The average Bonchev–Trinajstić information content (AvgIpc) is 2.01. The van der Waals surface area contributed by atoms with Crippen molar-refractivity contribution in [3.8, 4) is 0 Å². The first-order valence-corrected chi connectivity index (χ1v) is 5.25. The van der Waals surface area contributed by atoms with E-state index in [1.165, 1.54) is 0 Å². The Morgan fingerprint density at radius 3 is 2.73 bits per heavy atom. The molecule has 0 aliphatic rings. The number of benzene rings is 1. The molecule has 0 aliphatic heterocycles. The van der Waals surface area contributed by atoms with E-state index in [0.717, 1.165) is 5.56 Å². The Morgan fingerprint density at radius 1 is 1.55 bits per heavy atom. The minimum absolute atomic E-state index is 0.233. The summed E-state index contributed by atoms with van der Waals surface area (Å²) in [4.78, 5) is 0. The molecule has 1 aromatic carbocycles. The van der Waals surface area contributed by atoms with Crippen LogP contribution in [0.15, 0.2) is 16.6 Å². The Labute approximate surface area is 91.4 Å². The van der Waals surface area contributed by atoms with Crippen molar-refractivity contribution in [1.29, 1.82) is 0 Å². The summed E-state index contributed by atoms with van der Waals surface area (Å²) in [6.07, 6.45) is 0. The minimum Gasteiger partial charge on any atom is -0.205 e. The van der Waals surface area contributed by atoms with Gasteiger partial charge in [0.05, 0.1) is 4.47 Å². The zero-order valence-electron chi connectivity index (χ0n) is 5.37. The molecule has 0 N–H and O–H groups in total. The van der Waals surface area contributed by atoms with Gasteiger partial charge in [-0.15, -0.1) is 11.6 Å². The maximum atomic E-state index is 13.1. The molecule has 0 unspecified atom stereocenters. The molecule has 0 atom stereocenters. The highest BCUT2D eigenvalue weighted by Crippen LogP contribution is 2.25. The van der Waals surface area contributed by atoms with E-state index in [1.807, 2.05) is 28.7 Å². The van der Waals surface area contributed by atoms with Crippen molar-refractivity contribution in [2.45, 2.75) is 5.88 Å². The van der Waals surface area contributed by atoms with E-state index in [9.17, 15) is 4.39 Å². The lowest BCUT2D eigenvalue weighted by atomic mass is 10.2. The van der Waals surface area contributed by atoms with Gasteiger partial charge in [-0.3, -0.25) is 0 Å². The third-order valence-electron chi connectivity index (χ3n) is 1.26. The Kier molecular flexibility index (Phi) is 3.58. The monoisotopic (exact) mass is 348 g/mol. The summed E-state index contributed by atoms with van der Waals surface area (Å²) in [5.74, 6) is 0.0952. The molecule has 0 spiro atoms. The first-order valence-electron chi connectivity index (χ1n) is 2.85. The predicted molar refractivity (Wildman–Crippen MR) is 56.4 cm³/mol. The predicted octanol–water partition coefficient (Wildman–Crippen LogP) is 3.93. The van der Waals surface area contributed by atoms with Crippen LogP contribution in [-0.4, -0.2) is 0 Å². The van der Waals surface area contributed by atoms with E-state index < -0.39 is 0 Å². The average molecular weight is 349 g/mol. The molecule has 0 aliphatic carbocycles. The Bertz CT molecular complexity index is 277. The topological polar surface area (TPSA) is 0 Å². The Hall–Kier alpha value is 0.650. The van der Waals surface area contributed by atoms with Gasteiger partial charge >= 0.3 is 0 Å². The smallest absolute Gasteiger partial charge is 0.150 e. The highest BCUT2D eigenvalue weighted by molar-refractivity contribution is 14.1. The standard InChI is InChI=1S/C7H4BrClFI/c8-6-4(3-9)1-2-5(11)7(6)10/h1-2H,3H2. The van der Waals surface area contributed by atoms with Crippen LogP contribution < -0.4 is 0 Å². The molecule has 0 heterocycles. The van der Waals surface area contributed by atoms with Gasteiger partial charge in [0, 0.05) is 9.45 Å². The van der Waals surface area contributed by atoms with Crippen molar-refractivity contribution >= 4 is 50.1 Å². The van der Waals surface area contributed by atoms with E-state index in [2.05, 4.69) is 15.9 Å². The molecular weight excluding hydrogens is 345 g/mol. The quantitative estimate of drug-likeness (QED) is 0.409. The molecule has 0 nitrogen and oxygen atoms in total. The largest absolute Gasteiger partial charge is 0.205 e. The third-order valence-corrected chi connectivity index (χ3v) is 3.24. The van der Waals surface area contributed by atoms with Crippen molar-refractivity contribution < 1.29 is 4.39 Å². The molecule has 11 heavy (non-hydrogen) atoms. The molecule has 1 rings (SSSR count). The van der Waals surface area contributed by atoms with Crippen LogP contribution in [0.4, 0.5) is 4.39 Å². The van der Waals surface area contributed by atoms with E-state index in [1.54, 1.807) is 6.07 Å². The molecule has 0 amide bonds. The van der Waals surface area contributed by atoms with Crippen LogP contribution in [0.1, 0.15) is 5.56 Å². The number of hydrogen-bond acceptors (Lipinski definition) is 0. The van der Waals surface area contributed by atoms with Crippen LogP contribution in [0.25, 0.3) is 0 Å². The summed E-state index contributed by atoms with van der Waals surface area (Å²) in [6.45, 7) is 0. The first kappa shape index (κ1) is 9.74. The van der Waals surface area contributed by atoms with Crippen molar-refractivity contribution in [3.63, 3.8) is 0 Å². The van der Waals surface area contributed by atoms with Gasteiger partial charge in [-0.1, -0.05) is 6.07 Å². The van der Waals surface area contributed by atoms with Gasteiger partial charge in [-0.25, -0.2) is 4.39 Å². The maximum absolute atomic E-state index is 13.1. The van der Waals surface area contributed by atoms with Crippen molar-refractivity contribution in [2.24, 2.45) is 0 Å². The number of halogens is 4. The summed E-state index contributed by atoms with van der Waals surface area (Å²) < 4.78 is 14.1. The van der Waals surface area contributed by atoms with Gasteiger partial charge in [-0.05, 0) is 50.2 Å². The second-order valence-corrected chi connectivity index (χ2v) is 4.19. The summed E-state index contributed by atoms with van der Waals surface area (Å²) >= 11 is 10.6. The fraction of sp³-hybridized carbons (Fsp3) is 0.143. The normalized spacial score (nSPS) is 10.2. The number of rotatable bonds is 1. The van der Waals surface area contributed by atoms with Gasteiger partial charge in [0.25, 0.3) is 0 Å². The molecule has 0 bridgehead atoms. The minimum atomic E-state index is -0.233. The Balaban J connectivity index is 3.25. The van der Waals surface area contributed by atoms with Crippen LogP contribution in [0, 0.1) is 9.39 Å². The fourth-order valence-electron chi connectivity index (χ4n) is 0.669. The molecule has 0 fully saturated rings.